The quantitative estimate of drug-likeness (QED) is 0.116. The zero-order valence-electron chi connectivity index (χ0n) is 22.3. The second kappa shape index (κ2) is 8.85. The van der Waals surface area contributed by atoms with Crippen LogP contribution in [0.3, 0.4) is 0 Å². The van der Waals surface area contributed by atoms with Crippen LogP contribution in [0.5, 0.6) is 0 Å². The number of likely N-dealkylation sites (N-methyl/N-ethyl adjacent to an activating group) is 1. The number of anilines is 1. The number of non-ortho nitro benzene ring substituents is 2. The summed E-state index contributed by atoms with van der Waals surface area (Å²) in [6, 6.07) is 9.97. The van der Waals surface area contributed by atoms with Crippen molar-refractivity contribution in [1.82, 2.24) is 0 Å². The van der Waals surface area contributed by atoms with Gasteiger partial charge in [0.2, 0.25) is 5.69 Å². The molecule has 0 spiro atoms. The topological polar surface area (TPSA) is 92.5 Å². The van der Waals surface area contributed by atoms with Gasteiger partial charge in [0.05, 0.1) is 15.3 Å². The third-order valence-corrected chi connectivity index (χ3v) is 6.96. The van der Waals surface area contributed by atoms with Crippen molar-refractivity contribution in [3.05, 3.63) is 91.7 Å². The molecule has 0 N–H and O–H groups in total. The van der Waals surface area contributed by atoms with Crippen molar-refractivity contribution in [3.8, 4) is 0 Å². The Kier molecular flexibility index (Phi) is 6.80. The molecular formula is C25H27F6N4O4P. The molecule has 0 saturated carbocycles. The van der Waals surface area contributed by atoms with Crippen molar-refractivity contribution in [2.45, 2.75) is 38.5 Å². The Labute approximate surface area is 225 Å². The second-order valence-corrected chi connectivity index (χ2v) is 12.5. The fourth-order valence-corrected chi connectivity index (χ4v) is 5.11. The fraction of sp³-hybridized carbons (Fsp3) is 0.320. The Morgan fingerprint density at radius 3 is 1.82 bits per heavy atom. The zero-order chi connectivity index (χ0) is 30.7. The zero-order valence-corrected chi connectivity index (χ0v) is 23.2. The van der Waals surface area contributed by atoms with Crippen LogP contribution in [-0.2, 0) is 10.8 Å². The number of allylic oxidation sites excluding steroid dienone is 4. The summed E-state index contributed by atoms with van der Waals surface area (Å²) < 4.78 is 61.3. The molecule has 8 nitrogen and oxygen atoms in total. The number of nitro groups is 2. The van der Waals surface area contributed by atoms with Crippen LogP contribution >= 0.6 is 7.81 Å². The molecular weight excluding hydrogens is 565 g/mol. The fourth-order valence-electron chi connectivity index (χ4n) is 5.11. The van der Waals surface area contributed by atoms with Crippen LogP contribution in [0.25, 0.3) is 0 Å². The first-order valence-electron chi connectivity index (χ1n) is 11.7. The van der Waals surface area contributed by atoms with E-state index in [2.05, 4.69) is 37.2 Å². The molecule has 40 heavy (non-hydrogen) atoms. The number of halogens is 6. The van der Waals surface area contributed by atoms with Gasteiger partial charge < -0.3 is 4.90 Å². The van der Waals surface area contributed by atoms with Gasteiger partial charge in [-0.05, 0) is 31.6 Å². The van der Waals surface area contributed by atoms with E-state index < -0.39 is 18.6 Å². The van der Waals surface area contributed by atoms with Gasteiger partial charge >= 0.3 is 33.0 Å². The van der Waals surface area contributed by atoms with Gasteiger partial charge in [0, 0.05) is 65.8 Å². The van der Waals surface area contributed by atoms with E-state index >= 15 is 0 Å². The average molecular weight is 592 g/mol. The van der Waals surface area contributed by atoms with E-state index in [0.29, 0.717) is 0 Å². The summed E-state index contributed by atoms with van der Waals surface area (Å²) in [5, 5.41) is 22.5. The Morgan fingerprint density at radius 2 is 1.32 bits per heavy atom. The average Bonchev–Trinajstić information content (AvgIpc) is 3.10. The van der Waals surface area contributed by atoms with E-state index in [-0.39, 0.29) is 21.2 Å². The second-order valence-electron chi connectivity index (χ2n) is 10.5. The van der Waals surface area contributed by atoms with Gasteiger partial charge in [0.1, 0.15) is 7.05 Å². The van der Waals surface area contributed by atoms with Crippen LogP contribution in [0.2, 0.25) is 0 Å². The van der Waals surface area contributed by atoms with Crippen molar-refractivity contribution in [2.75, 3.05) is 19.0 Å². The minimum absolute atomic E-state index is 0.0868. The Morgan fingerprint density at radius 1 is 0.850 bits per heavy atom. The van der Waals surface area contributed by atoms with E-state index in [9.17, 15) is 45.4 Å². The maximum atomic E-state index is 11.3. The molecule has 218 valence electrons. The van der Waals surface area contributed by atoms with Gasteiger partial charge in [-0.3, -0.25) is 20.2 Å². The van der Waals surface area contributed by atoms with Crippen molar-refractivity contribution < 1.29 is 39.6 Å². The molecule has 0 unspecified atom stereocenters. The first-order chi connectivity index (χ1) is 17.8. The third kappa shape index (κ3) is 6.49. The molecule has 0 saturated heterocycles. The summed E-state index contributed by atoms with van der Waals surface area (Å²) >= 11 is 0. The number of hydrogen-bond donors (Lipinski definition) is 0. The van der Waals surface area contributed by atoms with Crippen LogP contribution in [0.15, 0.2) is 60.3 Å². The normalized spacial score (nSPS) is 20.0. The first kappa shape index (κ1) is 30.7. The van der Waals surface area contributed by atoms with Gasteiger partial charge in [-0.2, -0.15) is 4.58 Å². The molecule has 0 radical (unpaired) electrons. The number of hydrogen-bond acceptors (Lipinski definition) is 5. The van der Waals surface area contributed by atoms with Crippen LogP contribution < -0.4 is 4.90 Å². The number of benzene rings is 2. The summed E-state index contributed by atoms with van der Waals surface area (Å²) in [7, 11) is -6.73. The van der Waals surface area contributed by atoms with Crippen LogP contribution in [0, 0.1) is 20.2 Å². The van der Waals surface area contributed by atoms with Gasteiger partial charge in [0.25, 0.3) is 11.4 Å². The van der Waals surface area contributed by atoms with E-state index in [1.807, 2.05) is 32.3 Å². The Balaban J connectivity index is 0.000000559. The molecule has 0 amide bonds. The van der Waals surface area contributed by atoms with Crippen molar-refractivity contribution in [1.29, 1.82) is 0 Å². The Bertz CT molecular complexity index is 1520. The molecule has 0 bridgehead atoms. The number of nitrogens with zero attached hydrogens (tertiary/aromatic N) is 4. The third-order valence-electron chi connectivity index (χ3n) is 6.96. The molecule has 15 heteroatoms. The molecule has 2 aliphatic rings. The summed E-state index contributed by atoms with van der Waals surface area (Å²) in [5.74, 6) is 0. The molecule has 2 aromatic carbocycles. The van der Waals surface area contributed by atoms with E-state index in [0.717, 1.165) is 33.9 Å². The maximum absolute atomic E-state index is 11.3. The molecule has 0 atom stereocenters. The van der Waals surface area contributed by atoms with E-state index in [1.165, 1.54) is 12.1 Å². The molecule has 0 fully saturated rings. The van der Waals surface area contributed by atoms with Crippen LogP contribution in [0.1, 0.15) is 38.8 Å². The minimum atomic E-state index is -10.7. The predicted octanol–water partition coefficient (Wildman–Crippen LogP) is 8.76. The summed E-state index contributed by atoms with van der Waals surface area (Å²) in [6.45, 7) is 8.25. The SMILES string of the molecule is CN1/C(=C/C=C/C2=[N+](C)c3ccc([N+](=O)[O-])cc3C2(C)C)C(C)(C)c2cc([N+](=O)[O-])ccc21.F[P-](F)(F)(F)(F)F. The standard InChI is InChI=1S/C25H27N4O4.F6P/c1-24(2)18-14-16(28(30)31)10-12-20(18)26(5)22(24)8-7-9-23-25(3,4)19-15-17(29(32)33)11-13-21(19)27(23)6;1-7(2,3,4,5)6/h7-15H,1-6H3;/q+1;-1. The molecule has 0 aromatic heterocycles. The van der Waals surface area contributed by atoms with Gasteiger partial charge in [-0.25, -0.2) is 0 Å². The van der Waals surface area contributed by atoms with E-state index in [4.69, 9.17) is 0 Å². The van der Waals surface area contributed by atoms with Crippen LogP contribution in [-0.4, -0.2) is 34.2 Å². The van der Waals surface area contributed by atoms with Gasteiger partial charge in [-0.15, -0.1) is 0 Å². The molecule has 2 aromatic rings. The number of fused-ring (bicyclic) bond motifs is 2. The predicted molar refractivity (Wildman–Crippen MR) is 142 cm³/mol. The summed E-state index contributed by atoms with van der Waals surface area (Å²) in [6.07, 6.45) is 6.06. The number of rotatable bonds is 4. The van der Waals surface area contributed by atoms with Crippen molar-refractivity contribution >= 4 is 36.3 Å². The first-order valence-corrected chi connectivity index (χ1v) is 13.7. The molecule has 2 heterocycles. The summed E-state index contributed by atoms with van der Waals surface area (Å²) in [5.41, 5.74) is 5.19. The molecule has 0 aliphatic carbocycles. The molecule has 2 aliphatic heterocycles. The summed E-state index contributed by atoms with van der Waals surface area (Å²) in [4.78, 5) is 23.8. The van der Waals surface area contributed by atoms with Crippen molar-refractivity contribution in [3.63, 3.8) is 0 Å². The van der Waals surface area contributed by atoms with Crippen LogP contribution in [0.4, 0.5) is 47.9 Å². The monoisotopic (exact) mass is 592 g/mol. The molecule has 4 rings (SSSR count). The van der Waals surface area contributed by atoms with Gasteiger partial charge in [-0.1, -0.05) is 19.9 Å². The van der Waals surface area contributed by atoms with Gasteiger partial charge in [0.15, 0.2) is 5.71 Å². The number of nitro benzene ring substituents is 2. The Hall–Kier alpha value is -3.80. The van der Waals surface area contributed by atoms with E-state index in [1.54, 1.807) is 24.3 Å². The van der Waals surface area contributed by atoms with Crippen molar-refractivity contribution in [2.24, 2.45) is 0 Å².